The second-order valence-corrected chi connectivity index (χ2v) is 4.12. The van der Waals surface area contributed by atoms with Crippen LogP contribution in [-0.4, -0.2) is 49.7 Å². The summed E-state index contributed by atoms with van der Waals surface area (Å²) in [5.74, 6) is 0.234. The molecule has 4 nitrogen and oxygen atoms in total. The fraction of sp³-hybridized carbons (Fsp3) is 0.900. The lowest BCUT2D eigenvalue weighted by atomic mass is 10.1. The molecule has 2 rings (SSSR count). The highest BCUT2D eigenvalue weighted by Crippen LogP contribution is 2.14. The van der Waals surface area contributed by atoms with Crippen molar-refractivity contribution in [3.8, 4) is 0 Å². The van der Waals surface area contributed by atoms with Crippen LogP contribution in [0.2, 0.25) is 0 Å². The number of hydrogen-bond acceptors (Lipinski definition) is 3. The fourth-order valence-electron chi connectivity index (χ4n) is 2.15. The van der Waals surface area contributed by atoms with Gasteiger partial charge in [-0.15, -0.1) is 0 Å². The van der Waals surface area contributed by atoms with Gasteiger partial charge < -0.3 is 15.0 Å². The summed E-state index contributed by atoms with van der Waals surface area (Å²) in [6, 6.07) is 0.352. The summed E-state index contributed by atoms with van der Waals surface area (Å²) in [5, 5.41) is 3.23. The van der Waals surface area contributed by atoms with Crippen LogP contribution in [0.1, 0.15) is 19.3 Å². The van der Waals surface area contributed by atoms with Gasteiger partial charge in [0.2, 0.25) is 5.91 Å². The molecule has 1 amide bonds. The molecule has 14 heavy (non-hydrogen) atoms. The Bertz CT molecular complexity index is 208. The molecular formula is C10H18N2O2. The Morgan fingerprint density at radius 1 is 1.50 bits per heavy atom. The van der Waals surface area contributed by atoms with Gasteiger partial charge in [0, 0.05) is 13.7 Å². The molecule has 0 radical (unpaired) electrons. The van der Waals surface area contributed by atoms with Crippen molar-refractivity contribution in [1.82, 2.24) is 10.2 Å². The van der Waals surface area contributed by atoms with Crippen LogP contribution in [0.4, 0.5) is 0 Å². The summed E-state index contributed by atoms with van der Waals surface area (Å²) in [5.41, 5.74) is 0. The normalized spacial score (nSPS) is 32.1. The Morgan fingerprint density at radius 2 is 2.36 bits per heavy atom. The van der Waals surface area contributed by atoms with E-state index in [1.165, 1.54) is 0 Å². The summed E-state index contributed by atoms with van der Waals surface area (Å²) in [7, 11) is 1.89. The molecule has 0 aromatic heterocycles. The average molecular weight is 198 g/mol. The van der Waals surface area contributed by atoms with E-state index < -0.39 is 0 Å². The molecule has 1 N–H and O–H groups in total. The van der Waals surface area contributed by atoms with E-state index in [1.54, 1.807) is 0 Å². The van der Waals surface area contributed by atoms with Gasteiger partial charge in [-0.25, -0.2) is 0 Å². The van der Waals surface area contributed by atoms with Crippen molar-refractivity contribution in [3.05, 3.63) is 0 Å². The van der Waals surface area contributed by atoms with Gasteiger partial charge in [0.15, 0.2) is 0 Å². The van der Waals surface area contributed by atoms with E-state index >= 15 is 0 Å². The first-order chi connectivity index (χ1) is 6.79. The summed E-state index contributed by atoms with van der Waals surface area (Å²) in [6.07, 6.45) is 3.08. The van der Waals surface area contributed by atoms with Crippen LogP contribution in [-0.2, 0) is 9.53 Å². The molecule has 2 saturated heterocycles. The minimum Gasteiger partial charge on any atom is -0.379 e. The summed E-state index contributed by atoms with van der Waals surface area (Å²) < 4.78 is 5.28. The molecule has 2 aliphatic heterocycles. The molecule has 2 atom stereocenters. The zero-order valence-corrected chi connectivity index (χ0v) is 8.66. The van der Waals surface area contributed by atoms with Crippen LogP contribution in [0.3, 0.4) is 0 Å². The molecule has 4 heteroatoms. The van der Waals surface area contributed by atoms with Crippen LogP contribution >= 0.6 is 0 Å². The lowest BCUT2D eigenvalue weighted by molar-refractivity contribution is -0.133. The lowest BCUT2D eigenvalue weighted by Gasteiger charge is -2.26. The fourth-order valence-corrected chi connectivity index (χ4v) is 2.15. The van der Waals surface area contributed by atoms with Crippen molar-refractivity contribution in [2.75, 3.05) is 26.8 Å². The minimum atomic E-state index is 0.0561. The molecule has 2 unspecified atom stereocenters. The Hall–Kier alpha value is -0.610. The smallest absolute Gasteiger partial charge is 0.239 e. The minimum absolute atomic E-state index is 0.0561. The maximum Gasteiger partial charge on any atom is 0.239 e. The molecule has 0 saturated carbocycles. The van der Waals surface area contributed by atoms with E-state index in [2.05, 4.69) is 5.32 Å². The van der Waals surface area contributed by atoms with Crippen LogP contribution in [0.5, 0.6) is 0 Å². The molecule has 2 aliphatic rings. The molecular weight excluding hydrogens is 180 g/mol. The number of nitrogens with one attached hydrogen (secondary N) is 1. The highest BCUT2D eigenvalue weighted by molar-refractivity contribution is 5.82. The largest absolute Gasteiger partial charge is 0.379 e. The standard InChI is InChI=1S/C10H18N2O2/c1-12(8-4-6-14-7-8)10(13)9-3-2-5-11-9/h8-9,11H,2-7H2,1H3. The van der Waals surface area contributed by atoms with E-state index in [0.717, 1.165) is 32.4 Å². The summed E-state index contributed by atoms with van der Waals surface area (Å²) in [6.45, 7) is 2.47. The van der Waals surface area contributed by atoms with E-state index in [1.807, 2.05) is 11.9 Å². The summed E-state index contributed by atoms with van der Waals surface area (Å²) >= 11 is 0. The number of nitrogens with zero attached hydrogens (tertiary/aromatic N) is 1. The predicted molar refractivity (Wildman–Crippen MR) is 53.0 cm³/mol. The average Bonchev–Trinajstić information content (AvgIpc) is 2.87. The van der Waals surface area contributed by atoms with Crippen molar-refractivity contribution in [1.29, 1.82) is 0 Å². The maximum absolute atomic E-state index is 11.9. The van der Waals surface area contributed by atoms with Gasteiger partial charge in [-0.2, -0.15) is 0 Å². The Labute approximate surface area is 84.6 Å². The van der Waals surface area contributed by atoms with E-state index in [-0.39, 0.29) is 11.9 Å². The monoisotopic (exact) mass is 198 g/mol. The zero-order valence-electron chi connectivity index (χ0n) is 8.66. The number of hydrogen-bond donors (Lipinski definition) is 1. The van der Waals surface area contributed by atoms with Crippen molar-refractivity contribution in [2.45, 2.75) is 31.3 Å². The topological polar surface area (TPSA) is 41.6 Å². The number of carbonyl (C=O) groups is 1. The number of rotatable bonds is 2. The van der Waals surface area contributed by atoms with Gasteiger partial charge in [0.05, 0.1) is 18.7 Å². The highest BCUT2D eigenvalue weighted by atomic mass is 16.5. The van der Waals surface area contributed by atoms with E-state index in [4.69, 9.17) is 4.74 Å². The van der Waals surface area contributed by atoms with Crippen LogP contribution < -0.4 is 5.32 Å². The first-order valence-corrected chi connectivity index (χ1v) is 5.37. The molecule has 0 spiro atoms. The second-order valence-electron chi connectivity index (χ2n) is 4.12. The molecule has 0 aliphatic carbocycles. The quantitative estimate of drug-likeness (QED) is 0.678. The SMILES string of the molecule is CN(C(=O)C1CCCN1)C1CCOC1. The predicted octanol–water partition coefficient (Wildman–Crippen LogP) is -0.0143. The first kappa shape index (κ1) is 9.93. The lowest BCUT2D eigenvalue weighted by Crippen LogP contribution is -2.46. The van der Waals surface area contributed by atoms with Gasteiger partial charge in [-0.1, -0.05) is 0 Å². The highest BCUT2D eigenvalue weighted by Gasteiger charge is 2.30. The number of amides is 1. The van der Waals surface area contributed by atoms with Crippen LogP contribution in [0, 0.1) is 0 Å². The van der Waals surface area contributed by atoms with Crippen molar-refractivity contribution < 1.29 is 9.53 Å². The van der Waals surface area contributed by atoms with E-state index in [0.29, 0.717) is 12.6 Å². The Morgan fingerprint density at radius 3 is 2.93 bits per heavy atom. The van der Waals surface area contributed by atoms with Crippen molar-refractivity contribution in [2.24, 2.45) is 0 Å². The molecule has 0 aromatic carbocycles. The van der Waals surface area contributed by atoms with Crippen molar-refractivity contribution >= 4 is 5.91 Å². The third kappa shape index (κ3) is 1.91. The number of likely N-dealkylation sites (N-methyl/N-ethyl adjacent to an activating group) is 1. The van der Waals surface area contributed by atoms with Crippen molar-refractivity contribution in [3.63, 3.8) is 0 Å². The molecule has 80 valence electrons. The number of carbonyl (C=O) groups excluding carboxylic acids is 1. The first-order valence-electron chi connectivity index (χ1n) is 5.37. The van der Waals surface area contributed by atoms with Gasteiger partial charge in [0.1, 0.15) is 0 Å². The van der Waals surface area contributed by atoms with Gasteiger partial charge in [-0.05, 0) is 25.8 Å². The number of ether oxygens (including phenoxy) is 1. The third-order valence-corrected chi connectivity index (χ3v) is 3.16. The van der Waals surface area contributed by atoms with Gasteiger partial charge in [-0.3, -0.25) is 4.79 Å². The maximum atomic E-state index is 11.9. The van der Waals surface area contributed by atoms with Gasteiger partial charge >= 0.3 is 0 Å². The molecule has 0 aromatic rings. The molecule has 2 heterocycles. The Kier molecular flexibility index (Phi) is 3.03. The second kappa shape index (κ2) is 4.28. The van der Waals surface area contributed by atoms with Gasteiger partial charge in [0.25, 0.3) is 0 Å². The molecule has 0 bridgehead atoms. The Balaban J connectivity index is 1.89. The van der Waals surface area contributed by atoms with E-state index in [9.17, 15) is 4.79 Å². The zero-order chi connectivity index (χ0) is 9.97. The van der Waals surface area contributed by atoms with Crippen LogP contribution in [0.25, 0.3) is 0 Å². The molecule has 2 fully saturated rings. The van der Waals surface area contributed by atoms with Crippen LogP contribution in [0.15, 0.2) is 0 Å². The summed E-state index contributed by atoms with van der Waals surface area (Å²) in [4.78, 5) is 13.8. The third-order valence-electron chi connectivity index (χ3n) is 3.16.